The van der Waals surface area contributed by atoms with Crippen molar-refractivity contribution in [1.29, 1.82) is 0 Å². The number of thioether (sulfide) groups is 1. The van der Waals surface area contributed by atoms with Gasteiger partial charge in [0.2, 0.25) is 5.56 Å². The van der Waals surface area contributed by atoms with Crippen LogP contribution in [0.15, 0.2) is 52.3 Å². The van der Waals surface area contributed by atoms with Crippen molar-refractivity contribution < 1.29 is 9.18 Å². The van der Waals surface area contributed by atoms with Crippen molar-refractivity contribution in [2.75, 3.05) is 12.8 Å². The number of hydrogen-bond acceptors (Lipinski definition) is 3. The maximum atomic E-state index is 13.8. The monoisotopic (exact) mass is 334 g/mol. The molecule has 23 heavy (non-hydrogen) atoms. The number of nitrogens with zero attached hydrogens (tertiary/aromatic N) is 1. The Hall–Kier alpha value is -2.08. The molecule has 2 rings (SSSR count). The summed E-state index contributed by atoms with van der Waals surface area (Å²) in [5.74, 6) is -0.908. The zero-order chi connectivity index (χ0) is 16.7. The molecule has 0 spiro atoms. The van der Waals surface area contributed by atoms with Gasteiger partial charge in [0.05, 0.1) is 5.56 Å². The molecule has 1 aromatic carbocycles. The number of carbonyl (C=O) groups is 1. The van der Waals surface area contributed by atoms with Crippen molar-refractivity contribution in [3.8, 4) is 0 Å². The number of nitrogens with one attached hydrogen (secondary N) is 1. The van der Waals surface area contributed by atoms with Gasteiger partial charge in [-0.15, -0.1) is 11.8 Å². The second kappa shape index (κ2) is 8.53. The van der Waals surface area contributed by atoms with E-state index in [9.17, 15) is 14.0 Å². The van der Waals surface area contributed by atoms with Crippen LogP contribution < -0.4 is 10.9 Å². The molecule has 0 bridgehead atoms. The number of pyridine rings is 1. The summed E-state index contributed by atoms with van der Waals surface area (Å²) in [4.78, 5) is 24.3. The maximum Gasteiger partial charge on any atom is 0.255 e. The summed E-state index contributed by atoms with van der Waals surface area (Å²) in [6.45, 7) is 1.05. The van der Waals surface area contributed by atoms with E-state index in [2.05, 4.69) is 5.32 Å². The molecule has 0 radical (unpaired) electrons. The number of unbranched alkanes of at least 4 members (excludes halogenated alkanes) is 1. The zero-order valence-corrected chi connectivity index (χ0v) is 13.7. The van der Waals surface area contributed by atoms with Crippen LogP contribution in [-0.2, 0) is 6.54 Å². The number of benzene rings is 1. The lowest BCUT2D eigenvalue weighted by molar-refractivity contribution is 0.0945. The number of halogens is 1. The molecule has 1 amide bonds. The third-order valence-electron chi connectivity index (χ3n) is 3.43. The number of aromatic nitrogens is 1. The largest absolute Gasteiger partial charge is 0.352 e. The van der Waals surface area contributed by atoms with E-state index in [-0.39, 0.29) is 11.1 Å². The zero-order valence-electron chi connectivity index (χ0n) is 12.9. The third kappa shape index (κ3) is 4.69. The van der Waals surface area contributed by atoms with Crippen LogP contribution in [0.1, 0.15) is 23.2 Å². The molecular formula is C17H19FN2O2S. The van der Waals surface area contributed by atoms with Crippen LogP contribution in [0.4, 0.5) is 4.39 Å². The van der Waals surface area contributed by atoms with Gasteiger partial charge in [0, 0.05) is 30.2 Å². The Bertz CT molecular complexity index is 731. The highest BCUT2D eigenvalue weighted by Crippen LogP contribution is 2.22. The highest BCUT2D eigenvalue weighted by atomic mass is 32.2. The van der Waals surface area contributed by atoms with Gasteiger partial charge >= 0.3 is 0 Å². The van der Waals surface area contributed by atoms with E-state index < -0.39 is 11.7 Å². The van der Waals surface area contributed by atoms with Gasteiger partial charge in [-0.25, -0.2) is 4.39 Å². The van der Waals surface area contributed by atoms with Crippen molar-refractivity contribution in [3.05, 3.63) is 64.3 Å². The highest BCUT2D eigenvalue weighted by molar-refractivity contribution is 7.98. The van der Waals surface area contributed by atoms with Crippen molar-refractivity contribution in [3.63, 3.8) is 0 Å². The molecule has 0 saturated heterocycles. The first kappa shape index (κ1) is 17.3. The van der Waals surface area contributed by atoms with Gasteiger partial charge in [-0.3, -0.25) is 9.59 Å². The topological polar surface area (TPSA) is 51.1 Å². The molecule has 0 saturated carbocycles. The molecule has 2 aromatic rings. The summed E-state index contributed by atoms with van der Waals surface area (Å²) in [5.41, 5.74) is 0.0618. The number of amides is 1. The van der Waals surface area contributed by atoms with Crippen LogP contribution in [0.25, 0.3) is 0 Å². The molecule has 1 heterocycles. The summed E-state index contributed by atoms with van der Waals surface area (Å²) in [7, 11) is 0. The van der Waals surface area contributed by atoms with Crippen LogP contribution in [0.5, 0.6) is 0 Å². The van der Waals surface area contributed by atoms with Gasteiger partial charge in [0.25, 0.3) is 5.91 Å². The molecule has 0 aliphatic heterocycles. The predicted molar refractivity (Wildman–Crippen MR) is 90.5 cm³/mol. The lowest BCUT2D eigenvalue weighted by Crippen LogP contribution is -2.26. The Morgan fingerprint density at radius 2 is 2.04 bits per heavy atom. The average molecular weight is 334 g/mol. The molecule has 122 valence electrons. The number of rotatable bonds is 7. The second-order valence-electron chi connectivity index (χ2n) is 5.01. The summed E-state index contributed by atoms with van der Waals surface area (Å²) in [6.07, 6.45) is 5.03. The first-order valence-corrected chi connectivity index (χ1v) is 8.62. The molecule has 0 atom stereocenters. The minimum Gasteiger partial charge on any atom is -0.352 e. The SMILES string of the molecule is CSc1cccc(F)c1C(=O)NCCCCn1ccccc1=O. The standard InChI is InChI=1S/C17H19FN2O2S/c1-23-14-8-6-7-13(18)16(14)17(22)19-10-3-5-12-20-11-4-2-9-15(20)21/h2,4,6-9,11H,3,5,10,12H2,1H3,(H,19,22). The minimum absolute atomic E-state index is 0.0347. The van der Waals surface area contributed by atoms with Crippen LogP contribution >= 0.6 is 11.8 Å². The molecule has 6 heteroatoms. The molecule has 0 fully saturated rings. The Morgan fingerprint density at radius 1 is 1.22 bits per heavy atom. The molecule has 0 unspecified atom stereocenters. The van der Waals surface area contributed by atoms with Crippen molar-refractivity contribution >= 4 is 17.7 Å². The van der Waals surface area contributed by atoms with Crippen LogP contribution in [0.2, 0.25) is 0 Å². The van der Waals surface area contributed by atoms with Crippen LogP contribution in [0.3, 0.4) is 0 Å². The molecule has 1 aromatic heterocycles. The summed E-state index contributed by atoms with van der Waals surface area (Å²) in [5, 5.41) is 2.74. The highest BCUT2D eigenvalue weighted by Gasteiger charge is 2.15. The van der Waals surface area contributed by atoms with Gasteiger partial charge in [0.1, 0.15) is 5.82 Å². The maximum absolute atomic E-state index is 13.8. The second-order valence-corrected chi connectivity index (χ2v) is 5.86. The Morgan fingerprint density at radius 3 is 2.78 bits per heavy atom. The normalized spacial score (nSPS) is 10.5. The van der Waals surface area contributed by atoms with E-state index in [0.717, 1.165) is 12.8 Å². The van der Waals surface area contributed by atoms with E-state index in [0.29, 0.717) is 18.0 Å². The number of aryl methyl sites for hydroxylation is 1. The van der Waals surface area contributed by atoms with Gasteiger partial charge in [-0.1, -0.05) is 12.1 Å². The van der Waals surface area contributed by atoms with E-state index >= 15 is 0 Å². The first-order valence-electron chi connectivity index (χ1n) is 7.39. The summed E-state index contributed by atoms with van der Waals surface area (Å²) >= 11 is 1.34. The van der Waals surface area contributed by atoms with Crippen LogP contribution in [-0.4, -0.2) is 23.3 Å². The fraction of sp³-hybridized carbons (Fsp3) is 0.294. The predicted octanol–water partition coefficient (Wildman–Crippen LogP) is 2.92. The van der Waals surface area contributed by atoms with Gasteiger partial charge in [-0.2, -0.15) is 0 Å². The van der Waals surface area contributed by atoms with Crippen molar-refractivity contribution in [2.24, 2.45) is 0 Å². The van der Waals surface area contributed by atoms with Crippen molar-refractivity contribution in [2.45, 2.75) is 24.3 Å². The van der Waals surface area contributed by atoms with E-state index in [1.165, 1.54) is 23.9 Å². The number of hydrogen-bond donors (Lipinski definition) is 1. The Kier molecular flexibility index (Phi) is 6.40. The first-order chi connectivity index (χ1) is 11.1. The minimum atomic E-state index is -0.509. The fourth-order valence-corrected chi connectivity index (χ4v) is 2.85. The molecule has 0 aliphatic rings. The van der Waals surface area contributed by atoms with E-state index in [4.69, 9.17) is 0 Å². The lowest BCUT2D eigenvalue weighted by Gasteiger charge is -2.10. The molecular weight excluding hydrogens is 315 g/mol. The summed E-state index contributed by atoms with van der Waals surface area (Å²) in [6, 6.07) is 9.64. The molecule has 0 aliphatic carbocycles. The van der Waals surface area contributed by atoms with Gasteiger partial charge in [-0.05, 0) is 37.3 Å². The van der Waals surface area contributed by atoms with Gasteiger partial charge < -0.3 is 9.88 Å². The third-order valence-corrected chi connectivity index (χ3v) is 4.21. The number of carbonyl (C=O) groups excluding carboxylic acids is 1. The van der Waals surface area contributed by atoms with Crippen molar-refractivity contribution in [1.82, 2.24) is 9.88 Å². The average Bonchev–Trinajstić information content (AvgIpc) is 2.55. The lowest BCUT2D eigenvalue weighted by atomic mass is 10.2. The van der Waals surface area contributed by atoms with E-state index in [1.54, 1.807) is 29.0 Å². The molecule has 1 N–H and O–H groups in total. The van der Waals surface area contributed by atoms with Crippen LogP contribution in [0, 0.1) is 5.82 Å². The Balaban J connectivity index is 1.82. The van der Waals surface area contributed by atoms with E-state index in [1.807, 2.05) is 12.3 Å². The summed E-state index contributed by atoms with van der Waals surface area (Å²) < 4.78 is 15.4. The molecule has 4 nitrogen and oxygen atoms in total. The van der Waals surface area contributed by atoms with Gasteiger partial charge in [0.15, 0.2) is 0 Å². The fourth-order valence-electron chi connectivity index (χ4n) is 2.24. The Labute approximate surface area is 138 Å². The quantitative estimate of drug-likeness (QED) is 0.626. The smallest absolute Gasteiger partial charge is 0.255 e.